The number of methoxy groups -OCH3 is 1. The molecule has 0 radical (unpaired) electrons. The summed E-state index contributed by atoms with van der Waals surface area (Å²) >= 11 is 12.0. The standard InChI is InChI=1S/C12H12Cl2N2O3/c1-3-4-18-12-10(13)5-9(6-11(12)14)15-7-16-19-8-17-2/h1,5-7H,4,8H2,2H3,(H,15,16). The summed E-state index contributed by atoms with van der Waals surface area (Å²) in [6.07, 6.45) is 6.43. The van der Waals surface area contributed by atoms with Crippen LogP contribution in [0.1, 0.15) is 0 Å². The van der Waals surface area contributed by atoms with Crippen molar-refractivity contribution < 1.29 is 14.3 Å². The fourth-order valence-electron chi connectivity index (χ4n) is 1.10. The van der Waals surface area contributed by atoms with Crippen molar-refractivity contribution in [3.63, 3.8) is 0 Å². The van der Waals surface area contributed by atoms with E-state index < -0.39 is 0 Å². The monoisotopic (exact) mass is 302 g/mol. The van der Waals surface area contributed by atoms with Crippen LogP contribution in [0, 0.1) is 12.3 Å². The number of rotatable bonds is 7. The third-order valence-corrected chi connectivity index (χ3v) is 2.37. The molecular formula is C12H12Cl2N2O3. The number of hydrogen-bond acceptors (Lipinski definition) is 4. The van der Waals surface area contributed by atoms with Crippen molar-refractivity contribution in [2.45, 2.75) is 0 Å². The molecular weight excluding hydrogens is 291 g/mol. The lowest BCUT2D eigenvalue weighted by Gasteiger charge is -2.08. The molecule has 0 unspecified atom stereocenters. The average Bonchev–Trinajstić information content (AvgIpc) is 2.38. The first-order valence-corrected chi connectivity index (χ1v) is 5.88. The van der Waals surface area contributed by atoms with Gasteiger partial charge in [0.15, 0.2) is 12.5 Å². The number of halogens is 2. The van der Waals surface area contributed by atoms with Gasteiger partial charge in [-0.05, 0) is 12.1 Å². The normalized spacial score (nSPS) is 10.4. The van der Waals surface area contributed by atoms with Gasteiger partial charge < -0.3 is 9.47 Å². The molecule has 5 nitrogen and oxygen atoms in total. The Kier molecular flexibility index (Phi) is 7.08. The van der Waals surface area contributed by atoms with Gasteiger partial charge in [-0.2, -0.15) is 0 Å². The van der Waals surface area contributed by atoms with Crippen LogP contribution in [0.4, 0.5) is 5.69 Å². The molecule has 0 fully saturated rings. The summed E-state index contributed by atoms with van der Waals surface area (Å²) in [7, 11) is 1.51. The fourth-order valence-corrected chi connectivity index (χ4v) is 1.69. The molecule has 0 aromatic heterocycles. The molecule has 0 bridgehead atoms. The molecule has 0 aliphatic heterocycles. The van der Waals surface area contributed by atoms with Gasteiger partial charge in [-0.1, -0.05) is 29.1 Å². The van der Waals surface area contributed by atoms with E-state index in [0.29, 0.717) is 21.5 Å². The molecule has 0 saturated heterocycles. The fraction of sp³-hybridized carbons (Fsp3) is 0.250. The van der Waals surface area contributed by atoms with Gasteiger partial charge in [-0.25, -0.2) is 9.83 Å². The van der Waals surface area contributed by atoms with Crippen LogP contribution in [0.2, 0.25) is 10.0 Å². The zero-order chi connectivity index (χ0) is 14.1. The second-order valence-electron chi connectivity index (χ2n) is 3.16. The highest BCUT2D eigenvalue weighted by Crippen LogP contribution is 2.36. The van der Waals surface area contributed by atoms with E-state index in [1.807, 2.05) is 0 Å². The second-order valence-corrected chi connectivity index (χ2v) is 3.97. The number of nitrogens with one attached hydrogen (secondary N) is 1. The number of ether oxygens (including phenoxy) is 2. The van der Waals surface area contributed by atoms with E-state index in [0.717, 1.165) is 0 Å². The van der Waals surface area contributed by atoms with Crippen LogP contribution < -0.4 is 10.2 Å². The molecule has 1 aromatic carbocycles. The first kappa shape index (κ1) is 15.6. The van der Waals surface area contributed by atoms with Crippen LogP contribution in [0.3, 0.4) is 0 Å². The van der Waals surface area contributed by atoms with E-state index in [-0.39, 0.29) is 13.4 Å². The number of hydroxylamine groups is 1. The first-order chi connectivity index (χ1) is 9.19. The largest absolute Gasteiger partial charge is 0.478 e. The van der Waals surface area contributed by atoms with E-state index in [1.165, 1.54) is 13.4 Å². The molecule has 19 heavy (non-hydrogen) atoms. The van der Waals surface area contributed by atoms with Gasteiger partial charge in [-0.3, -0.25) is 5.48 Å². The van der Waals surface area contributed by atoms with E-state index in [1.54, 1.807) is 12.1 Å². The van der Waals surface area contributed by atoms with Crippen LogP contribution in [0.25, 0.3) is 0 Å². The Bertz CT molecular complexity index is 463. The Labute approximate surface area is 121 Å². The zero-order valence-electron chi connectivity index (χ0n) is 10.2. The lowest BCUT2D eigenvalue weighted by Crippen LogP contribution is -2.13. The van der Waals surface area contributed by atoms with Crippen LogP contribution in [-0.2, 0) is 9.57 Å². The van der Waals surface area contributed by atoms with Gasteiger partial charge in [0.05, 0.1) is 15.7 Å². The van der Waals surface area contributed by atoms with E-state index in [2.05, 4.69) is 21.1 Å². The number of aliphatic imine (C=N–C) groups is 1. The van der Waals surface area contributed by atoms with Crippen molar-refractivity contribution in [1.29, 1.82) is 0 Å². The number of nitrogens with zero attached hydrogens (tertiary/aromatic N) is 1. The Morgan fingerprint density at radius 3 is 2.68 bits per heavy atom. The van der Waals surface area contributed by atoms with Gasteiger partial charge in [-0.15, -0.1) is 6.42 Å². The van der Waals surface area contributed by atoms with Crippen molar-refractivity contribution in [2.75, 3.05) is 20.5 Å². The quantitative estimate of drug-likeness (QED) is 0.210. The molecule has 0 saturated carbocycles. The second kappa shape index (κ2) is 8.62. The lowest BCUT2D eigenvalue weighted by atomic mass is 10.3. The molecule has 1 aromatic rings. The summed E-state index contributed by atoms with van der Waals surface area (Å²) in [5, 5.41) is 0.653. The first-order valence-electron chi connectivity index (χ1n) is 5.13. The number of benzene rings is 1. The molecule has 0 amide bonds. The Morgan fingerprint density at radius 1 is 1.42 bits per heavy atom. The van der Waals surface area contributed by atoms with Crippen LogP contribution >= 0.6 is 23.2 Å². The topological polar surface area (TPSA) is 52.1 Å². The zero-order valence-corrected chi connectivity index (χ0v) is 11.7. The maximum Gasteiger partial charge on any atom is 0.172 e. The van der Waals surface area contributed by atoms with E-state index >= 15 is 0 Å². The smallest absolute Gasteiger partial charge is 0.172 e. The Hall–Kier alpha value is -1.45. The van der Waals surface area contributed by atoms with Gasteiger partial charge in [0.2, 0.25) is 0 Å². The molecule has 1 rings (SSSR count). The van der Waals surface area contributed by atoms with Crippen molar-refractivity contribution in [3.05, 3.63) is 22.2 Å². The summed E-state index contributed by atoms with van der Waals surface area (Å²) < 4.78 is 9.88. The van der Waals surface area contributed by atoms with Crippen LogP contribution in [0.15, 0.2) is 17.1 Å². The van der Waals surface area contributed by atoms with Crippen LogP contribution in [0.5, 0.6) is 5.75 Å². The highest BCUT2D eigenvalue weighted by molar-refractivity contribution is 6.37. The van der Waals surface area contributed by atoms with Crippen molar-refractivity contribution in [3.8, 4) is 18.1 Å². The third-order valence-electron chi connectivity index (χ3n) is 1.81. The van der Waals surface area contributed by atoms with E-state index in [9.17, 15) is 0 Å². The summed E-state index contributed by atoms with van der Waals surface area (Å²) in [5.41, 5.74) is 3.00. The average molecular weight is 303 g/mol. The van der Waals surface area contributed by atoms with Gasteiger partial charge in [0.1, 0.15) is 12.9 Å². The van der Waals surface area contributed by atoms with E-state index in [4.69, 9.17) is 39.2 Å². The minimum atomic E-state index is 0.0917. The summed E-state index contributed by atoms with van der Waals surface area (Å²) in [5.74, 6) is 2.67. The predicted molar refractivity (Wildman–Crippen MR) is 75.0 cm³/mol. The van der Waals surface area contributed by atoms with Crippen molar-refractivity contribution in [2.24, 2.45) is 4.99 Å². The molecule has 7 heteroatoms. The molecule has 1 N–H and O–H groups in total. The van der Waals surface area contributed by atoms with Crippen molar-refractivity contribution >= 4 is 35.2 Å². The molecule has 0 atom stereocenters. The Balaban J connectivity index is 2.69. The lowest BCUT2D eigenvalue weighted by molar-refractivity contribution is -0.0573. The van der Waals surface area contributed by atoms with Gasteiger partial charge in [0, 0.05) is 7.11 Å². The molecule has 0 aliphatic rings. The SMILES string of the molecule is C#CCOc1c(Cl)cc(N=CNOCOC)cc1Cl. The summed E-state index contributed by atoms with van der Waals surface area (Å²) in [4.78, 5) is 8.85. The van der Waals surface area contributed by atoms with Crippen LogP contribution in [-0.4, -0.2) is 26.8 Å². The number of terminal acetylenes is 1. The minimum Gasteiger partial charge on any atom is -0.478 e. The highest BCUT2D eigenvalue weighted by Gasteiger charge is 2.08. The van der Waals surface area contributed by atoms with Crippen molar-refractivity contribution in [1.82, 2.24) is 5.48 Å². The Morgan fingerprint density at radius 2 is 2.11 bits per heavy atom. The van der Waals surface area contributed by atoms with Gasteiger partial charge >= 0.3 is 0 Å². The highest BCUT2D eigenvalue weighted by atomic mass is 35.5. The summed E-state index contributed by atoms with van der Waals surface area (Å²) in [6, 6.07) is 3.18. The number of hydrogen-bond donors (Lipinski definition) is 1. The molecule has 102 valence electrons. The maximum atomic E-state index is 6.01. The van der Waals surface area contributed by atoms with Gasteiger partial charge in [0.25, 0.3) is 0 Å². The third kappa shape index (κ3) is 5.37. The maximum absolute atomic E-state index is 6.01. The predicted octanol–water partition coefficient (Wildman–Crippen LogP) is 2.79. The molecule has 0 aliphatic carbocycles. The summed E-state index contributed by atoms with van der Waals surface area (Å²) in [6.45, 7) is 0.195. The minimum absolute atomic E-state index is 0.0917. The molecule has 0 spiro atoms. The molecule has 0 heterocycles.